The molecule has 2 aromatic rings. The van der Waals surface area contributed by atoms with E-state index < -0.39 is 24.4 Å². The van der Waals surface area contributed by atoms with Gasteiger partial charge in [0, 0.05) is 12.1 Å². The predicted octanol–water partition coefficient (Wildman–Crippen LogP) is 2.47. The van der Waals surface area contributed by atoms with Gasteiger partial charge in [-0.1, -0.05) is 17.7 Å². The minimum absolute atomic E-state index is 0.158. The number of nitrogens with zero attached hydrogens (tertiary/aromatic N) is 2. The second kappa shape index (κ2) is 10.1. The average Bonchev–Trinajstić information content (AvgIpc) is 2.71. The minimum atomic E-state index is -0.739. The van der Waals surface area contributed by atoms with Crippen molar-refractivity contribution in [2.45, 2.75) is 0 Å². The number of amides is 2. The van der Waals surface area contributed by atoms with E-state index in [2.05, 4.69) is 5.32 Å². The summed E-state index contributed by atoms with van der Waals surface area (Å²) in [6.07, 6.45) is 0. The third kappa shape index (κ3) is 6.23. The SMILES string of the molecule is COc1ccc(Cl)cc1NC(=O)CN(C)C(=O)COC(=O)c1cccc(C#N)c1. The number of rotatable bonds is 7. The van der Waals surface area contributed by atoms with Crippen LogP contribution in [0.5, 0.6) is 5.75 Å². The Kier molecular flexibility index (Phi) is 7.57. The molecule has 0 heterocycles. The van der Waals surface area contributed by atoms with Crippen molar-refractivity contribution in [2.24, 2.45) is 0 Å². The van der Waals surface area contributed by atoms with Gasteiger partial charge in [0.2, 0.25) is 5.91 Å². The molecule has 2 aromatic carbocycles. The van der Waals surface area contributed by atoms with E-state index in [9.17, 15) is 14.4 Å². The number of likely N-dealkylation sites (N-methyl/N-ethyl adjacent to an activating group) is 1. The highest BCUT2D eigenvalue weighted by Crippen LogP contribution is 2.27. The largest absolute Gasteiger partial charge is 0.495 e. The van der Waals surface area contributed by atoms with Gasteiger partial charge < -0.3 is 19.7 Å². The molecule has 0 spiro atoms. The van der Waals surface area contributed by atoms with Gasteiger partial charge in [-0.25, -0.2) is 4.79 Å². The number of anilines is 1. The van der Waals surface area contributed by atoms with Gasteiger partial charge in [0.15, 0.2) is 6.61 Å². The first-order valence-corrected chi connectivity index (χ1v) is 8.76. The maximum absolute atomic E-state index is 12.2. The molecule has 0 radical (unpaired) electrons. The molecule has 0 bridgehead atoms. The standard InChI is InChI=1S/C20H18ClN3O5/c1-24(11-18(25)23-16-9-15(21)6-7-17(16)28-2)19(26)12-29-20(27)14-5-3-4-13(8-14)10-22/h3-9H,11-12H2,1-2H3,(H,23,25). The Labute approximate surface area is 172 Å². The number of carbonyl (C=O) groups is 3. The molecule has 0 aliphatic heterocycles. The number of nitrogens with one attached hydrogen (secondary N) is 1. The Bertz CT molecular complexity index is 971. The van der Waals surface area contributed by atoms with Crippen LogP contribution in [0.15, 0.2) is 42.5 Å². The first-order chi connectivity index (χ1) is 13.8. The summed E-state index contributed by atoms with van der Waals surface area (Å²) >= 11 is 5.92. The summed E-state index contributed by atoms with van der Waals surface area (Å²) in [7, 11) is 2.86. The number of esters is 1. The number of hydrogen-bond donors (Lipinski definition) is 1. The van der Waals surface area contributed by atoms with Crippen LogP contribution < -0.4 is 10.1 Å². The van der Waals surface area contributed by atoms with E-state index in [0.29, 0.717) is 22.0 Å². The second-order valence-corrected chi connectivity index (χ2v) is 6.35. The van der Waals surface area contributed by atoms with Gasteiger partial charge in [-0.05, 0) is 36.4 Å². The fraction of sp³-hybridized carbons (Fsp3) is 0.200. The van der Waals surface area contributed by atoms with Crippen molar-refractivity contribution in [1.82, 2.24) is 4.90 Å². The van der Waals surface area contributed by atoms with Crippen LogP contribution in [0.4, 0.5) is 5.69 Å². The molecule has 0 unspecified atom stereocenters. The van der Waals surface area contributed by atoms with E-state index in [1.54, 1.807) is 18.2 Å². The molecule has 0 aliphatic rings. The smallest absolute Gasteiger partial charge is 0.338 e. The predicted molar refractivity (Wildman–Crippen MR) is 106 cm³/mol. The number of methoxy groups -OCH3 is 1. The van der Waals surface area contributed by atoms with E-state index >= 15 is 0 Å². The summed E-state index contributed by atoms with van der Waals surface area (Å²) in [6.45, 7) is -0.810. The summed E-state index contributed by atoms with van der Waals surface area (Å²) in [5, 5.41) is 11.9. The fourth-order valence-electron chi connectivity index (χ4n) is 2.31. The third-order valence-corrected chi connectivity index (χ3v) is 4.03. The van der Waals surface area contributed by atoms with Gasteiger partial charge in [-0.15, -0.1) is 0 Å². The summed E-state index contributed by atoms with van der Waals surface area (Å²) in [5.41, 5.74) is 0.830. The Morgan fingerprint density at radius 3 is 2.66 bits per heavy atom. The number of benzene rings is 2. The fourth-order valence-corrected chi connectivity index (χ4v) is 2.48. The quantitative estimate of drug-likeness (QED) is 0.696. The highest BCUT2D eigenvalue weighted by Gasteiger charge is 2.17. The van der Waals surface area contributed by atoms with E-state index in [-0.39, 0.29) is 12.1 Å². The lowest BCUT2D eigenvalue weighted by Crippen LogP contribution is -2.37. The molecular formula is C20H18ClN3O5. The van der Waals surface area contributed by atoms with Crippen LogP contribution in [0.2, 0.25) is 5.02 Å². The molecule has 150 valence electrons. The number of ether oxygens (including phenoxy) is 2. The van der Waals surface area contributed by atoms with Crippen LogP contribution >= 0.6 is 11.6 Å². The number of carbonyl (C=O) groups excluding carboxylic acids is 3. The summed E-state index contributed by atoms with van der Waals surface area (Å²) in [4.78, 5) is 37.4. The van der Waals surface area contributed by atoms with E-state index in [1.807, 2.05) is 6.07 Å². The third-order valence-electron chi connectivity index (χ3n) is 3.80. The number of nitriles is 1. The molecule has 0 aromatic heterocycles. The molecule has 0 saturated heterocycles. The van der Waals surface area contributed by atoms with E-state index in [4.69, 9.17) is 26.3 Å². The molecule has 29 heavy (non-hydrogen) atoms. The molecule has 1 N–H and O–H groups in total. The first kappa shape index (κ1) is 21.7. The van der Waals surface area contributed by atoms with Crippen molar-refractivity contribution in [3.8, 4) is 11.8 Å². The van der Waals surface area contributed by atoms with Gasteiger partial charge in [0.1, 0.15) is 5.75 Å². The van der Waals surface area contributed by atoms with Crippen LogP contribution in [0.3, 0.4) is 0 Å². The summed E-state index contributed by atoms with van der Waals surface area (Å²) < 4.78 is 10.1. The lowest BCUT2D eigenvalue weighted by atomic mass is 10.1. The average molecular weight is 416 g/mol. The highest BCUT2D eigenvalue weighted by atomic mass is 35.5. The van der Waals surface area contributed by atoms with Crippen LogP contribution in [-0.2, 0) is 14.3 Å². The van der Waals surface area contributed by atoms with Crippen LogP contribution in [0, 0.1) is 11.3 Å². The van der Waals surface area contributed by atoms with E-state index in [0.717, 1.165) is 4.90 Å². The molecule has 0 aliphatic carbocycles. The summed E-state index contributed by atoms with van der Waals surface area (Å²) in [6, 6.07) is 12.6. The normalized spacial score (nSPS) is 9.86. The maximum atomic E-state index is 12.2. The maximum Gasteiger partial charge on any atom is 0.338 e. The van der Waals surface area contributed by atoms with Gasteiger partial charge >= 0.3 is 5.97 Å². The zero-order chi connectivity index (χ0) is 21.4. The van der Waals surface area contributed by atoms with E-state index in [1.165, 1.54) is 38.4 Å². The van der Waals surface area contributed by atoms with Crippen molar-refractivity contribution in [3.63, 3.8) is 0 Å². The Balaban J connectivity index is 1.88. The summed E-state index contributed by atoms with van der Waals surface area (Å²) in [5.74, 6) is -1.36. The Hall–Kier alpha value is -3.57. The Morgan fingerprint density at radius 2 is 1.97 bits per heavy atom. The first-order valence-electron chi connectivity index (χ1n) is 8.38. The highest BCUT2D eigenvalue weighted by molar-refractivity contribution is 6.31. The second-order valence-electron chi connectivity index (χ2n) is 5.91. The zero-order valence-electron chi connectivity index (χ0n) is 15.8. The molecule has 0 saturated carbocycles. The molecule has 2 amide bonds. The van der Waals surface area contributed by atoms with Crippen molar-refractivity contribution < 1.29 is 23.9 Å². The minimum Gasteiger partial charge on any atom is -0.495 e. The van der Waals surface area contributed by atoms with Gasteiger partial charge in [0.25, 0.3) is 5.91 Å². The number of halogens is 1. The van der Waals surface area contributed by atoms with Crippen molar-refractivity contribution in [2.75, 3.05) is 32.6 Å². The van der Waals surface area contributed by atoms with Crippen LogP contribution in [0.25, 0.3) is 0 Å². The molecule has 0 atom stereocenters. The Morgan fingerprint density at radius 1 is 1.21 bits per heavy atom. The topological polar surface area (TPSA) is 109 Å². The monoisotopic (exact) mass is 415 g/mol. The molecule has 8 nitrogen and oxygen atoms in total. The van der Waals surface area contributed by atoms with Gasteiger partial charge in [-0.2, -0.15) is 5.26 Å². The zero-order valence-corrected chi connectivity index (χ0v) is 16.5. The van der Waals surface area contributed by atoms with Crippen LogP contribution in [-0.4, -0.2) is 50.0 Å². The lowest BCUT2D eigenvalue weighted by molar-refractivity contribution is -0.136. The van der Waals surface area contributed by atoms with Gasteiger partial charge in [-0.3, -0.25) is 9.59 Å². The van der Waals surface area contributed by atoms with Gasteiger partial charge in [0.05, 0.1) is 36.5 Å². The molecule has 9 heteroatoms. The van der Waals surface area contributed by atoms with Crippen LogP contribution in [0.1, 0.15) is 15.9 Å². The van der Waals surface area contributed by atoms with Crippen molar-refractivity contribution in [1.29, 1.82) is 5.26 Å². The number of hydrogen-bond acceptors (Lipinski definition) is 6. The molecular weight excluding hydrogens is 398 g/mol. The van der Waals surface area contributed by atoms with Crippen molar-refractivity contribution >= 4 is 35.1 Å². The molecule has 2 rings (SSSR count). The molecule has 0 fully saturated rings. The van der Waals surface area contributed by atoms with Crippen molar-refractivity contribution in [3.05, 3.63) is 58.6 Å². The lowest BCUT2D eigenvalue weighted by Gasteiger charge is -2.17.